The van der Waals surface area contributed by atoms with Crippen LogP contribution in [-0.4, -0.2) is 0 Å². The molecular formula is C35H56. The predicted octanol–water partition coefficient (Wildman–Crippen LogP) is 12.1. The van der Waals surface area contributed by atoms with Gasteiger partial charge in [-0.3, -0.25) is 0 Å². The molecule has 2 unspecified atom stereocenters. The lowest BCUT2D eigenvalue weighted by atomic mass is 10.0. The number of rotatable bonds is 14. The van der Waals surface area contributed by atoms with Gasteiger partial charge in [0.1, 0.15) is 0 Å². The number of hydrogen-bond donors (Lipinski definition) is 0. The van der Waals surface area contributed by atoms with Crippen molar-refractivity contribution >= 4 is 0 Å². The van der Waals surface area contributed by atoms with Crippen LogP contribution >= 0.6 is 0 Å². The predicted molar refractivity (Wildman–Crippen MR) is 163 cm³/mol. The van der Waals surface area contributed by atoms with Gasteiger partial charge in [0.15, 0.2) is 0 Å². The summed E-state index contributed by atoms with van der Waals surface area (Å²) in [6.45, 7) is 16.3. The van der Waals surface area contributed by atoms with Crippen LogP contribution in [0.15, 0.2) is 98.1 Å². The molecule has 2 atom stereocenters. The summed E-state index contributed by atoms with van der Waals surface area (Å²) in [6, 6.07) is 21.1. The molecule has 0 bridgehead atoms. The van der Waals surface area contributed by atoms with Crippen molar-refractivity contribution in [2.75, 3.05) is 0 Å². The summed E-state index contributed by atoms with van der Waals surface area (Å²) in [5.41, 5.74) is 2.74. The van der Waals surface area contributed by atoms with Crippen LogP contribution < -0.4 is 0 Å². The molecule has 0 aliphatic heterocycles. The lowest BCUT2D eigenvalue weighted by Crippen LogP contribution is -1.87. The summed E-state index contributed by atoms with van der Waals surface area (Å²) in [6.07, 6.45) is 21.9. The van der Waals surface area contributed by atoms with Crippen LogP contribution in [0.25, 0.3) is 0 Å². The molecule has 0 saturated carbocycles. The van der Waals surface area contributed by atoms with Crippen molar-refractivity contribution in [1.29, 1.82) is 0 Å². The average Bonchev–Trinajstić information content (AvgIpc) is 2.90. The molecular weight excluding hydrogens is 420 g/mol. The maximum absolute atomic E-state index is 3.74. The van der Waals surface area contributed by atoms with Gasteiger partial charge in [0, 0.05) is 0 Å². The molecule has 0 aliphatic rings. The van der Waals surface area contributed by atoms with E-state index < -0.39 is 0 Å². The van der Waals surface area contributed by atoms with Gasteiger partial charge in [-0.05, 0) is 48.6 Å². The van der Waals surface area contributed by atoms with Crippen molar-refractivity contribution in [2.45, 2.75) is 111 Å². The first-order valence-electron chi connectivity index (χ1n) is 13.6. The van der Waals surface area contributed by atoms with Crippen molar-refractivity contribution in [3.05, 3.63) is 109 Å². The number of allylic oxidation sites excluding steroid dienone is 4. The van der Waals surface area contributed by atoms with Crippen molar-refractivity contribution in [2.24, 2.45) is 0 Å². The zero-order valence-corrected chi connectivity index (χ0v) is 22.7. The van der Waals surface area contributed by atoms with Gasteiger partial charge in [-0.1, -0.05) is 159 Å². The maximum Gasteiger partial charge on any atom is -0.00104 e. The molecule has 2 rings (SSSR count). The Labute approximate surface area is 220 Å². The van der Waals surface area contributed by atoms with Crippen LogP contribution in [0, 0.1) is 0 Å². The molecule has 0 spiro atoms. The van der Waals surface area contributed by atoms with E-state index in [0.29, 0.717) is 11.8 Å². The smallest absolute Gasteiger partial charge is 0.00104 e. The van der Waals surface area contributed by atoms with E-state index in [0.717, 1.165) is 0 Å². The number of benzene rings is 2. The number of unbranched alkanes of at least 4 members (excludes halogenated alkanes) is 8. The highest BCUT2D eigenvalue weighted by Crippen LogP contribution is 2.16. The molecule has 2 aromatic carbocycles. The third kappa shape index (κ3) is 20.7. The first-order valence-corrected chi connectivity index (χ1v) is 13.6. The minimum Gasteiger partial charge on any atom is -0.103 e. The molecule has 2 aromatic rings. The van der Waals surface area contributed by atoms with Crippen LogP contribution in [0.1, 0.15) is 122 Å². The fraction of sp³-hybridized carbons (Fsp3) is 0.486. The van der Waals surface area contributed by atoms with Gasteiger partial charge < -0.3 is 0 Å². The van der Waals surface area contributed by atoms with E-state index in [9.17, 15) is 0 Å². The van der Waals surface area contributed by atoms with Gasteiger partial charge in [-0.2, -0.15) is 0 Å². The van der Waals surface area contributed by atoms with Gasteiger partial charge in [0.05, 0.1) is 0 Å². The third-order valence-electron chi connectivity index (χ3n) is 5.92. The minimum atomic E-state index is 0. The molecule has 0 heterocycles. The van der Waals surface area contributed by atoms with Gasteiger partial charge >= 0.3 is 0 Å². The SMILES string of the molecule is C.C=CC(C)c1ccccc1.C=CCCCCCC.CCCCCCC=CC(C)c1ccccc1. The van der Waals surface area contributed by atoms with E-state index in [4.69, 9.17) is 0 Å². The molecule has 0 fully saturated rings. The molecule has 0 aromatic heterocycles. The molecule has 196 valence electrons. The van der Waals surface area contributed by atoms with E-state index in [1.807, 2.05) is 18.2 Å². The Morgan fingerprint density at radius 2 is 1.09 bits per heavy atom. The van der Waals surface area contributed by atoms with Crippen molar-refractivity contribution in [1.82, 2.24) is 0 Å². The van der Waals surface area contributed by atoms with Crippen LogP contribution in [-0.2, 0) is 0 Å². The molecule has 0 N–H and O–H groups in total. The van der Waals surface area contributed by atoms with Gasteiger partial charge in [0.2, 0.25) is 0 Å². The summed E-state index contributed by atoms with van der Waals surface area (Å²) in [5.74, 6) is 1.02. The topological polar surface area (TPSA) is 0 Å². The fourth-order valence-corrected chi connectivity index (χ4v) is 3.47. The van der Waals surface area contributed by atoms with Gasteiger partial charge in [-0.25, -0.2) is 0 Å². The molecule has 0 aliphatic carbocycles. The van der Waals surface area contributed by atoms with E-state index in [1.165, 1.54) is 75.3 Å². The summed E-state index contributed by atoms with van der Waals surface area (Å²) < 4.78 is 0. The van der Waals surface area contributed by atoms with E-state index in [-0.39, 0.29) is 7.43 Å². The summed E-state index contributed by atoms with van der Waals surface area (Å²) in [4.78, 5) is 0. The molecule has 0 amide bonds. The fourth-order valence-electron chi connectivity index (χ4n) is 3.47. The molecule has 35 heavy (non-hydrogen) atoms. The van der Waals surface area contributed by atoms with Gasteiger partial charge in [-0.15, -0.1) is 13.2 Å². The molecule has 0 radical (unpaired) electrons. The Morgan fingerprint density at radius 3 is 1.51 bits per heavy atom. The quantitative estimate of drug-likeness (QED) is 0.188. The van der Waals surface area contributed by atoms with Crippen LogP contribution in [0.3, 0.4) is 0 Å². The highest BCUT2D eigenvalue weighted by molar-refractivity contribution is 5.23. The van der Waals surface area contributed by atoms with Crippen LogP contribution in [0.4, 0.5) is 0 Å². The Bertz CT molecular complexity index is 710. The molecule has 0 heteroatoms. The second-order valence-corrected chi connectivity index (χ2v) is 9.05. The molecule has 0 saturated heterocycles. The largest absolute Gasteiger partial charge is 0.103 e. The van der Waals surface area contributed by atoms with Crippen LogP contribution in [0.2, 0.25) is 0 Å². The summed E-state index contributed by atoms with van der Waals surface area (Å²) in [7, 11) is 0. The lowest BCUT2D eigenvalue weighted by Gasteiger charge is -2.05. The van der Waals surface area contributed by atoms with E-state index in [2.05, 4.69) is 108 Å². The highest BCUT2D eigenvalue weighted by Gasteiger charge is 1.98. The second-order valence-electron chi connectivity index (χ2n) is 9.05. The first-order chi connectivity index (χ1) is 16.6. The zero-order valence-electron chi connectivity index (χ0n) is 22.7. The van der Waals surface area contributed by atoms with Crippen molar-refractivity contribution in [3.8, 4) is 0 Å². The number of hydrogen-bond acceptors (Lipinski definition) is 0. The average molecular weight is 477 g/mol. The summed E-state index contributed by atoms with van der Waals surface area (Å²) >= 11 is 0. The normalized spacial score (nSPS) is 11.7. The standard InChI is InChI=1S/C16H24.C10H12.C8H16.CH4/c1-3-4-5-6-7-9-12-15(2)16-13-10-8-11-14-16;1-3-9(2)10-7-5-4-6-8-10;1-3-5-7-8-6-4-2;/h8-15H,3-7H2,1-2H3;3-9H,1H2,2H3;3H,1,4-8H2,2H3;1H4. The monoisotopic (exact) mass is 476 g/mol. The lowest BCUT2D eigenvalue weighted by molar-refractivity contribution is 0.673. The highest BCUT2D eigenvalue weighted by atomic mass is 14.0. The van der Waals surface area contributed by atoms with E-state index >= 15 is 0 Å². The molecule has 0 nitrogen and oxygen atoms in total. The van der Waals surface area contributed by atoms with E-state index in [1.54, 1.807) is 0 Å². The Morgan fingerprint density at radius 1 is 0.629 bits per heavy atom. The minimum absolute atomic E-state index is 0. The Hall–Kier alpha value is -2.34. The van der Waals surface area contributed by atoms with Crippen LogP contribution in [0.5, 0.6) is 0 Å². The summed E-state index contributed by atoms with van der Waals surface area (Å²) in [5, 5.41) is 0. The van der Waals surface area contributed by atoms with Crippen molar-refractivity contribution in [3.63, 3.8) is 0 Å². The van der Waals surface area contributed by atoms with Gasteiger partial charge in [0.25, 0.3) is 0 Å². The maximum atomic E-state index is 3.74. The Balaban J connectivity index is 0. The Kier molecular flexibility index (Phi) is 26.1. The van der Waals surface area contributed by atoms with Crippen molar-refractivity contribution < 1.29 is 0 Å². The first kappa shape index (κ1) is 34.8. The second kappa shape index (κ2) is 26.3. The zero-order chi connectivity index (χ0) is 25.3. The third-order valence-corrected chi connectivity index (χ3v) is 5.92.